The molecule has 4 N–H and O–H groups in total. The Kier molecular flexibility index (Phi) is 5.97. The quantitative estimate of drug-likeness (QED) is 0.449. The van der Waals surface area contributed by atoms with Crippen LogP contribution < -0.4 is 10.6 Å². The first-order valence-corrected chi connectivity index (χ1v) is 5.62. The molecular formula is C11H18N2O6. The van der Waals surface area contributed by atoms with Gasteiger partial charge in [0.2, 0.25) is 11.8 Å². The highest BCUT2D eigenvalue weighted by Crippen LogP contribution is 2.28. The van der Waals surface area contributed by atoms with Crippen LogP contribution in [0.1, 0.15) is 26.7 Å². The first kappa shape index (κ1) is 16.9. The molecule has 0 aliphatic heterocycles. The van der Waals surface area contributed by atoms with E-state index in [-0.39, 0.29) is 6.04 Å². The van der Waals surface area contributed by atoms with Gasteiger partial charge in [0, 0.05) is 13.1 Å². The largest absolute Gasteiger partial charge is 0.480 e. The monoisotopic (exact) mass is 274 g/mol. The maximum absolute atomic E-state index is 11.6. The fourth-order valence-electron chi connectivity index (χ4n) is 1.47. The van der Waals surface area contributed by atoms with Gasteiger partial charge in [-0.2, -0.15) is 0 Å². The number of aliphatic carboxylic acids is 2. The Balaban J connectivity index is 5.25. The highest BCUT2D eigenvalue weighted by Gasteiger charge is 2.50. The Morgan fingerprint density at radius 3 is 1.74 bits per heavy atom. The van der Waals surface area contributed by atoms with Crippen molar-refractivity contribution in [1.82, 2.24) is 10.6 Å². The van der Waals surface area contributed by atoms with Gasteiger partial charge in [0.25, 0.3) is 0 Å². The third-order valence-corrected chi connectivity index (χ3v) is 2.47. The van der Waals surface area contributed by atoms with Crippen LogP contribution in [0.15, 0.2) is 0 Å². The van der Waals surface area contributed by atoms with E-state index >= 15 is 0 Å². The molecule has 0 radical (unpaired) electrons. The summed E-state index contributed by atoms with van der Waals surface area (Å²) < 4.78 is 0. The van der Waals surface area contributed by atoms with E-state index in [4.69, 9.17) is 10.2 Å². The van der Waals surface area contributed by atoms with E-state index < -0.39 is 42.0 Å². The topological polar surface area (TPSA) is 133 Å². The van der Waals surface area contributed by atoms with E-state index in [0.717, 1.165) is 0 Å². The van der Waals surface area contributed by atoms with Gasteiger partial charge < -0.3 is 20.8 Å². The predicted molar refractivity (Wildman–Crippen MR) is 64.3 cm³/mol. The minimum atomic E-state index is -2.46. The van der Waals surface area contributed by atoms with E-state index in [0.29, 0.717) is 0 Å². The number of nitrogens with one attached hydrogen (secondary N) is 2. The molecule has 2 amide bonds. The standard InChI is InChI=1S/C11H18N2O6/c1-6(2)13-8(15)5-11(9(16)17,10(18)19)4-7(14)12-3/h6H,4-5H2,1-3H3,(H,12,14)(H,13,15)(H,16,17)(H,18,19). The number of hydrogen-bond donors (Lipinski definition) is 4. The molecule has 0 aromatic carbocycles. The molecular weight excluding hydrogens is 256 g/mol. The third kappa shape index (κ3) is 4.57. The van der Waals surface area contributed by atoms with Gasteiger partial charge >= 0.3 is 11.9 Å². The highest BCUT2D eigenvalue weighted by atomic mass is 16.4. The van der Waals surface area contributed by atoms with Crippen LogP contribution in [0.5, 0.6) is 0 Å². The van der Waals surface area contributed by atoms with Crippen molar-refractivity contribution < 1.29 is 29.4 Å². The van der Waals surface area contributed by atoms with Gasteiger partial charge in [-0.3, -0.25) is 19.2 Å². The second kappa shape index (κ2) is 6.72. The van der Waals surface area contributed by atoms with Crippen molar-refractivity contribution in [2.24, 2.45) is 5.41 Å². The number of amides is 2. The van der Waals surface area contributed by atoms with Crippen LogP contribution in [0.3, 0.4) is 0 Å². The first-order chi connectivity index (χ1) is 8.65. The summed E-state index contributed by atoms with van der Waals surface area (Å²) in [5.74, 6) is -4.93. The smallest absolute Gasteiger partial charge is 0.322 e. The molecule has 8 heteroatoms. The van der Waals surface area contributed by atoms with Gasteiger partial charge in [-0.05, 0) is 13.8 Å². The molecule has 0 aliphatic rings. The van der Waals surface area contributed by atoms with Crippen LogP contribution >= 0.6 is 0 Å². The van der Waals surface area contributed by atoms with Crippen molar-refractivity contribution in [3.05, 3.63) is 0 Å². The van der Waals surface area contributed by atoms with Crippen molar-refractivity contribution in [3.63, 3.8) is 0 Å². The summed E-state index contributed by atoms with van der Waals surface area (Å²) in [5, 5.41) is 22.7. The lowest BCUT2D eigenvalue weighted by molar-refractivity contribution is -0.169. The van der Waals surface area contributed by atoms with Crippen molar-refractivity contribution in [2.45, 2.75) is 32.7 Å². The van der Waals surface area contributed by atoms with Gasteiger partial charge in [0.05, 0.1) is 12.8 Å². The van der Waals surface area contributed by atoms with E-state index in [1.165, 1.54) is 7.05 Å². The molecule has 0 saturated carbocycles. The number of hydrogen-bond acceptors (Lipinski definition) is 4. The minimum absolute atomic E-state index is 0.257. The molecule has 8 nitrogen and oxygen atoms in total. The summed E-state index contributed by atoms with van der Waals surface area (Å²) >= 11 is 0. The van der Waals surface area contributed by atoms with Gasteiger partial charge in [0.1, 0.15) is 0 Å². The fraction of sp³-hybridized carbons (Fsp3) is 0.636. The average molecular weight is 274 g/mol. The Labute approximate surface area is 110 Å². The maximum atomic E-state index is 11.6. The lowest BCUT2D eigenvalue weighted by atomic mass is 9.80. The van der Waals surface area contributed by atoms with Crippen molar-refractivity contribution in [2.75, 3.05) is 7.05 Å². The second-order valence-corrected chi connectivity index (χ2v) is 4.44. The van der Waals surface area contributed by atoms with Crippen molar-refractivity contribution in [3.8, 4) is 0 Å². The van der Waals surface area contributed by atoms with Crippen LogP contribution in [0.2, 0.25) is 0 Å². The summed E-state index contributed by atoms with van der Waals surface area (Å²) in [5.41, 5.74) is -2.46. The number of carboxylic acid groups (broad SMARTS) is 2. The second-order valence-electron chi connectivity index (χ2n) is 4.44. The zero-order valence-corrected chi connectivity index (χ0v) is 11.0. The molecule has 19 heavy (non-hydrogen) atoms. The zero-order valence-electron chi connectivity index (χ0n) is 11.0. The molecule has 0 spiro atoms. The summed E-state index contributed by atoms with van der Waals surface area (Å²) in [6.07, 6.45) is -1.61. The number of carboxylic acids is 2. The lowest BCUT2D eigenvalue weighted by Gasteiger charge is -2.23. The van der Waals surface area contributed by atoms with Gasteiger partial charge in [0.15, 0.2) is 5.41 Å². The van der Waals surface area contributed by atoms with Crippen LogP contribution in [0.4, 0.5) is 0 Å². The average Bonchev–Trinajstić information content (AvgIpc) is 2.25. The molecule has 0 heterocycles. The van der Waals surface area contributed by atoms with Gasteiger partial charge in [-0.25, -0.2) is 0 Å². The molecule has 0 unspecified atom stereocenters. The minimum Gasteiger partial charge on any atom is -0.480 e. The fourth-order valence-corrected chi connectivity index (χ4v) is 1.47. The van der Waals surface area contributed by atoms with Gasteiger partial charge in [-0.15, -0.1) is 0 Å². The molecule has 0 rings (SSSR count). The van der Waals surface area contributed by atoms with Crippen LogP contribution in [-0.4, -0.2) is 47.1 Å². The summed E-state index contributed by atoms with van der Waals surface area (Å²) in [6.45, 7) is 3.31. The van der Waals surface area contributed by atoms with E-state index in [2.05, 4.69) is 10.6 Å². The normalized spacial score (nSPS) is 10.9. The SMILES string of the molecule is CNC(=O)CC(CC(=O)NC(C)C)(C(=O)O)C(=O)O. The molecule has 108 valence electrons. The molecule has 0 aromatic rings. The Morgan fingerprint density at radius 2 is 1.42 bits per heavy atom. The number of rotatable bonds is 7. The number of carbonyl (C=O) groups excluding carboxylic acids is 2. The Bertz CT molecular complexity index is 377. The van der Waals surface area contributed by atoms with E-state index in [1.807, 2.05) is 0 Å². The van der Waals surface area contributed by atoms with Crippen LogP contribution in [-0.2, 0) is 19.2 Å². The molecule has 0 aromatic heterocycles. The molecule has 0 saturated heterocycles. The third-order valence-electron chi connectivity index (χ3n) is 2.47. The predicted octanol–water partition coefficient (Wildman–Crippen LogP) is -0.807. The lowest BCUT2D eigenvalue weighted by Crippen LogP contribution is -2.47. The molecule has 0 atom stereocenters. The highest BCUT2D eigenvalue weighted by molar-refractivity contribution is 6.05. The summed E-state index contributed by atoms with van der Waals surface area (Å²) in [4.78, 5) is 45.2. The van der Waals surface area contributed by atoms with Gasteiger partial charge in [-0.1, -0.05) is 0 Å². The van der Waals surface area contributed by atoms with Crippen molar-refractivity contribution in [1.29, 1.82) is 0 Å². The zero-order chi connectivity index (χ0) is 15.2. The van der Waals surface area contributed by atoms with Crippen molar-refractivity contribution >= 4 is 23.8 Å². The molecule has 0 bridgehead atoms. The number of carbonyl (C=O) groups is 4. The van der Waals surface area contributed by atoms with Crippen LogP contribution in [0, 0.1) is 5.41 Å². The molecule has 0 fully saturated rings. The summed E-state index contributed by atoms with van der Waals surface area (Å²) in [7, 11) is 1.25. The van der Waals surface area contributed by atoms with E-state index in [1.54, 1.807) is 13.8 Å². The Morgan fingerprint density at radius 1 is 1.00 bits per heavy atom. The molecule has 0 aliphatic carbocycles. The maximum Gasteiger partial charge on any atom is 0.322 e. The van der Waals surface area contributed by atoms with Crippen LogP contribution in [0.25, 0.3) is 0 Å². The van der Waals surface area contributed by atoms with E-state index in [9.17, 15) is 19.2 Å². The first-order valence-electron chi connectivity index (χ1n) is 5.62. The Hall–Kier alpha value is -2.12. The summed E-state index contributed by atoms with van der Waals surface area (Å²) in [6, 6.07) is -0.257.